The van der Waals surface area contributed by atoms with Crippen LogP contribution in [0.3, 0.4) is 0 Å². The molecule has 0 aliphatic carbocycles. The SMILES string of the molecule is C=CCN(Cc1ccccc1)C(=O)[C@H]1[C@H]2C(=O)N(CCO)C(C(=O)N(CC=C)c3c(C)cccc3Cl)C23CC(Br)[C@@H]1O3. The molecule has 3 amide bonds. The fraction of sp³-hybridized carbons (Fsp3) is 0.406. The number of aliphatic hydroxyl groups is 1. The van der Waals surface area contributed by atoms with Gasteiger partial charge in [-0.15, -0.1) is 13.2 Å². The standard InChI is InChI=1S/C32H35BrClN3O5/c1-4-14-35(19-21-11-7-6-8-12-21)29(39)24-25-30(40)37(16-17-38)28(32(25)18-22(33)27(24)42-32)31(41)36(15-5-2)26-20(3)10-9-13-23(26)34/h4-13,22,24-25,27-28,38H,1-2,14-19H2,3H3/t22?,24-,25-,27-,28?,32?/m0/s1. The van der Waals surface area contributed by atoms with Crippen LogP contribution in [0.2, 0.25) is 5.02 Å². The highest BCUT2D eigenvalue weighted by atomic mass is 79.9. The van der Waals surface area contributed by atoms with E-state index in [-0.39, 0.29) is 36.3 Å². The van der Waals surface area contributed by atoms with Crippen LogP contribution >= 0.6 is 27.5 Å². The van der Waals surface area contributed by atoms with E-state index in [4.69, 9.17) is 16.3 Å². The summed E-state index contributed by atoms with van der Waals surface area (Å²) in [6.45, 7) is 9.91. The molecule has 0 saturated carbocycles. The van der Waals surface area contributed by atoms with E-state index < -0.39 is 35.5 Å². The van der Waals surface area contributed by atoms with Crippen molar-refractivity contribution in [2.75, 3.05) is 31.1 Å². The van der Waals surface area contributed by atoms with Gasteiger partial charge >= 0.3 is 0 Å². The van der Waals surface area contributed by atoms with Crippen LogP contribution in [0.1, 0.15) is 17.5 Å². The molecule has 0 radical (unpaired) electrons. The van der Waals surface area contributed by atoms with Crippen LogP contribution in [0.15, 0.2) is 73.8 Å². The Hall–Kier alpha value is -2.98. The molecule has 1 N–H and O–H groups in total. The van der Waals surface area contributed by atoms with Crippen molar-refractivity contribution in [3.8, 4) is 0 Å². The molecular weight excluding hydrogens is 622 g/mol. The molecule has 3 aliphatic rings. The van der Waals surface area contributed by atoms with Crippen LogP contribution in [0.4, 0.5) is 5.69 Å². The number of para-hydroxylation sites is 1. The summed E-state index contributed by atoms with van der Waals surface area (Å²) in [5, 5.41) is 10.4. The van der Waals surface area contributed by atoms with Crippen LogP contribution in [-0.2, 0) is 25.7 Å². The van der Waals surface area contributed by atoms with Gasteiger partial charge in [0.2, 0.25) is 11.8 Å². The van der Waals surface area contributed by atoms with Crippen molar-refractivity contribution in [1.29, 1.82) is 0 Å². The van der Waals surface area contributed by atoms with E-state index >= 15 is 0 Å². The Morgan fingerprint density at radius 2 is 1.86 bits per heavy atom. The average molecular weight is 657 g/mol. The molecule has 222 valence electrons. The molecule has 10 heteroatoms. The molecule has 3 aliphatic heterocycles. The van der Waals surface area contributed by atoms with Crippen LogP contribution in [0.5, 0.6) is 0 Å². The van der Waals surface area contributed by atoms with E-state index in [0.29, 0.717) is 30.2 Å². The summed E-state index contributed by atoms with van der Waals surface area (Å²) in [5.74, 6) is -2.68. The molecule has 0 aromatic heterocycles. The zero-order chi connectivity index (χ0) is 30.2. The van der Waals surface area contributed by atoms with E-state index in [9.17, 15) is 19.5 Å². The molecule has 8 nitrogen and oxygen atoms in total. The van der Waals surface area contributed by atoms with Crippen LogP contribution in [0, 0.1) is 18.8 Å². The summed E-state index contributed by atoms with van der Waals surface area (Å²) in [7, 11) is 0. The summed E-state index contributed by atoms with van der Waals surface area (Å²) in [4.78, 5) is 47.4. The van der Waals surface area contributed by atoms with Gasteiger partial charge in [-0.3, -0.25) is 14.4 Å². The summed E-state index contributed by atoms with van der Waals surface area (Å²) >= 11 is 10.3. The number of likely N-dealkylation sites (tertiary alicyclic amines) is 1. The maximum Gasteiger partial charge on any atom is 0.253 e. The second-order valence-corrected chi connectivity index (χ2v) is 12.6. The maximum absolute atomic E-state index is 14.6. The van der Waals surface area contributed by atoms with Crippen molar-refractivity contribution in [3.63, 3.8) is 0 Å². The van der Waals surface area contributed by atoms with Gasteiger partial charge < -0.3 is 24.5 Å². The van der Waals surface area contributed by atoms with E-state index in [2.05, 4.69) is 29.1 Å². The van der Waals surface area contributed by atoms with Crippen LogP contribution in [0.25, 0.3) is 0 Å². The largest absolute Gasteiger partial charge is 0.395 e. The highest BCUT2D eigenvalue weighted by Gasteiger charge is 2.77. The van der Waals surface area contributed by atoms with Gasteiger partial charge in [0.25, 0.3) is 5.91 Å². The number of halogens is 2. The lowest BCUT2D eigenvalue weighted by Crippen LogP contribution is -2.57. The fourth-order valence-electron chi connectivity index (χ4n) is 6.98. The average Bonchev–Trinajstić information content (AvgIpc) is 3.55. The monoisotopic (exact) mass is 655 g/mol. The number of ether oxygens (including phenoxy) is 1. The number of carbonyl (C=O) groups is 3. The van der Waals surface area contributed by atoms with Gasteiger partial charge in [0.05, 0.1) is 35.3 Å². The first-order valence-electron chi connectivity index (χ1n) is 14.0. The first kappa shape index (κ1) is 30.5. The zero-order valence-corrected chi connectivity index (χ0v) is 25.8. The second kappa shape index (κ2) is 12.3. The lowest BCUT2D eigenvalue weighted by Gasteiger charge is -2.37. The van der Waals surface area contributed by atoms with Crippen LogP contribution < -0.4 is 4.90 Å². The Morgan fingerprint density at radius 1 is 1.14 bits per heavy atom. The normalized spacial score (nSPS) is 27.6. The lowest BCUT2D eigenvalue weighted by atomic mass is 9.70. The third kappa shape index (κ3) is 5.00. The Morgan fingerprint density at radius 3 is 2.50 bits per heavy atom. The zero-order valence-electron chi connectivity index (χ0n) is 23.5. The number of fused-ring (bicyclic) bond motifs is 1. The lowest BCUT2D eigenvalue weighted by molar-refractivity contribution is -0.145. The van der Waals surface area contributed by atoms with Crippen molar-refractivity contribution < 1.29 is 24.2 Å². The molecule has 3 heterocycles. The number of hydrogen-bond acceptors (Lipinski definition) is 5. The number of amides is 3. The number of aryl methyl sites for hydroxylation is 1. The predicted molar refractivity (Wildman–Crippen MR) is 165 cm³/mol. The molecule has 6 atom stereocenters. The summed E-state index contributed by atoms with van der Waals surface area (Å²) < 4.78 is 6.64. The quantitative estimate of drug-likeness (QED) is 0.291. The molecule has 2 aromatic rings. The summed E-state index contributed by atoms with van der Waals surface area (Å²) in [6.07, 6.45) is 3.03. The summed E-state index contributed by atoms with van der Waals surface area (Å²) in [6, 6.07) is 13.9. The van der Waals surface area contributed by atoms with Gasteiger partial charge in [-0.1, -0.05) is 82.1 Å². The topological polar surface area (TPSA) is 90.4 Å². The Bertz CT molecular complexity index is 1370. The van der Waals surface area contributed by atoms with Crippen molar-refractivity contribution in [2.24, 2.45) is 11.8 Å². The molecule has 5 rings (SSSR count). The molecule has 42 heavy (non-hydrogen) atoms. The van der Waals surface area contributed by atoms with Crippen LogP contribution in [-0.4, -0.2) is 81.4 Å². The number of anilines is 1. The Labute approximate surface area is 259 Å². The van der Waals surface area contributed by atoms with Crippen molar-refractivity contribution in [3.05, 3.63) is 90.0 Å². The number of nitrogens with zero attached hydrogens (tertiary/aromatic N) is 3. The Balaban J connectivity index is 1.56. The highest BCUT2D eigenvalue weighted by molar-refractivity contribution is 9.09. The van der Waals surface area contributed by atoms with Gasteiger partial charge in [0, 0.05) is 31.0 Å². The number of benzene rings is 2. The fourth-order valence-corrected chi connectivity index (χ4v) is 8.24. The maximum atomic E-state index is 14.6. The number of rotatable bonds is 11. The van der Waals surface area contributed by atoms with Crippen molar-refractivity contribution in [1.82, 2.24) is 9.80 Å². The number of hydrogen-bond donors (Lipinski definition) is 1. The minimum Gasteiger partial charge on any atom is -0.395 e. The molecule has 2 aromatic carbocycles. The molecule has 3 saturated heterocycles. The van der Waals surface area contributed by atoms with Gasteiger partial charge in [0.15, 0.2) is 0 Å². The van der Waals surface area contributed by atoms with E-state index in [1.807, 2.05) is 43.3 Å². The van der Waals surface area contributed by atoms with E-state index in [1.54, 1.807) is 29.2 Å². The second-order valence-electron chi connectivity index (χ2n) is 11.1. The van der Waals surface area contributed by atoms with Crippen molar-refractivity contribution in [2.45, 2.75) is 42.5 Å². The predicted octanol–water partition coefficient (Wildman–Crippen LogP) is 4.12. The van der Waals surface area contributed by atoms with Gasteiger partial charge in [0.1, 0.15) is 11.6 Å². The first-order chi connectivity index (χ1) is 20.2. The third-order valence-corrected chi connectivity index (χ3v) is 9.71. The van der Waals surface area contributed by atoms with E-state index in [0.717, 1.165) is 11.1 Å². The molecule has 3 unspecified atom stereocenters. The minimum atomic E-state index is -1.26. The molecular formula is C32H35BrClN3O5. The third-order valence-electron chi connectivity index (χ3n) is 8.56. The smallest absolute Gasteiger partial charge is 0.253 e. The Kier molecular flexibility index (Phi) is 8.94. The highest BCUT2D eigenvalue weighted by Crippen LogP contribution is 2.60. The number of alkyl halides is 1. The van der Waals surface area contributed by atoms with Crippen molar-refractivity contribution >= 4 is 50.9 Å². The molecule has 2 bridgehead atoms. The number of β-amino-alcohol motifs (C(OH)–C–C–N with tert-alkyl or cyclic N) is 1. The first-order valence-corrected chi connectivity index (χ1v) is 15.3. The van der Waals surface area contributed by atoms with Gasteiger partial charge in [-0.25, -0.2) is 0 Å². The minimum absolute atomic E-state index is 0.0702. The van der Waals surface area contributed by atoms with Gasteiger partial charge in [-0.2, -0.15) is 0 Å². The number of aliphatic hydroxyl groups excluding tert-OH is 1. The molecule has 3 fully saturated rings. The summed E-state index contributed by atoms with van der Waals surface area (Å²) in [5.41, 5.74) is 0.999. The van der Waals surface area contributed by atoms with E-state index in [1.165, 1.54) is 9.80 Å². The number of carbonyl (C=O) groups excluding carboxylic acids is 3. The van der Waals surface area contributed by atoms with Gasteiger partial charge in [-0.05, 0) is 30.5 Å². The molecule has 1 spiro atoms.